The molecule has 222 valence electrons. The van der Waals surface area contributed by atoms with Crippen LogP contribution in [0.4, 0.5) is 11.4 Å². The monoisotopic (exact) mass is 582 g/mol. The summed E-state index contributed by atoms with van der Waals surface area (Å²) in [7, 11) is -3.69. The first-order valence-corrected chi connectivity index (χ1v) is 14.8. The van der Waals surface area contributed by atoms with Crippen molar-refractivity contribution in [3.8, 4) is 0 Å². The number of rotatable bonds is 14. The molecule has 3 atom stereocenters. The lowest BCUT2D eigenvalue weighted by Crippen LogP contribution is -2.57. The van der Waals surface area contributed by atoms with E-state index < -0.39 is 50.8 Å². The molecule has 0 aliphatic heterocycles. The van der Waals surface area contributed by atoms with Gasteiger partial charge in [0, 0.05) is 24.4 Å². The highest BCUT2D eigenvalue weighted by atomic mass is 32.2. The number of sulfonamides is 1. The van der Waals surface area contributed by atoms with Crippen molar-refractivity contribution in [2.75, 3.05) is 18.1 Å². The summed E-state index contributed by atoms with van der Waals surface area (Å²) in [5.74, 6) is -2.21. The van der Waals surface area contributed by atoms with Gasteiger partial charge >= 0.3 is 0 Å². The van der Waals surface area contributed by atoms with Gasteiger partial charge in [0.15, 0.2) is 5.96 Å². The smallest absolute Gasteiger partial charge is 0.269 e. The molecular formula is C24H38N8O7S. The van der Waals surface area contributed by atoms with Crippen LogP contribution in [0.25, 0.3) is 0 Å². The van der Waals surface area contributed by atoms with Gasteiger partial charge in [-0.1, -0.05) is 19.3 Å². The van der Waals surface area contributed by atoms with Crippen LogP contribution in [0.3, 0.4) is 0 Å². The number of benzene rings is 1. The Kier molecular flexibility index (Phi) is 12.3. The molecular weight excluding hydrogens is 544 g/mol. The first-order valence-electron chi connectivity index (χ1n) is 13.0. The van der Waals surface area contributed by atoms with E-state index in [4.69, 9.17) is 11.5 Å². The molecule has 2 rings (SSSR count). The SMILES string of the molecule is CC(NC(=O)C(NS(C)(=O)=O)C1CCCCC1)C(=O)NC(CCCN=C(N)N)C(=O)Nc1ccc([N+](=O)[O-])cc1. The van der Waals surface area contributed by atoms with E-state index in [1.165, 1.54) is 31.2 Å². The number of non-ortho nitro benzene ring substituents is 1. The van der Waals surface area contributed by atoms with Gasteiger partial charge in [-0.3, -0.25) is 29.5 Å². The third-order valence-corrected chi connectivity index (χ3v) is 7.10. The van der Waals surface area contributed by atoms with Crippen LogP contribution >= 0.6 is 0 Å². The van der Waals surface area contributed by atoms with Crippen molar-refractivity contribution in [1.29, 1.82) is 0 Å². The first-order chi connectivity index (χ1) is 18.8. The number of nitro groups is 1. The van der Waals surface area contributed by atoms with E-state index in [9.17, 15) is 32.9 Å². The van der Waals surface area contributed by atoms with E-state index in [0.29, 0.717) is 19.3 Å². The zero-order valence-corrected chi connectivity index (χ0v) is 23.4. The van der Waals surface area contributed by atoms with Gasteiger partial charge in [-0.2, -0.15) is 0 Å². The second-order valence-corrected chi connectivity index (χ2v) is 11.6. The van der Waals surface area contributed by atoms with Crippen molar-refractivity contribution < 1.29 is 27.7 Å². The molecule has 1 fully saturated rings. The molecule has 8 N–H and O–H groups in total. The number of hydrogen-bond donors (Lipinski definition) is 6. The van der Waals surface area contributed by atoms with Crippen molar-refractivity contribution in [2.24, 2.45) is 22.4 Å². The molecule has 15 nitrogen and oxygen atoms in total. The van der Waals surface area contributed by atoms with Gasteiger partial charge in [0.25, 0.3) is 5.69 Å². The van der Waals surface area contributed by atoms with Crippen LogP contribution in [0.15, 0.2) is 29.3 Å². The largest absolute Gasteiger partial charge is 0.370 e. The number of nitrogens with zero attached hydrogens (tertiary/aromatic N) is 2. The molecule has 0 spiro atoms. The van der Waals surface area contributed by atoms with E-state index in [1.807, 2.05) is 0 Å². The van der Waals surface area contributed by atoms with Gasteiger partial charge in [0.1, 0.15) is 18.1 Å². The molecule has 0 saturated heterocycles. The number of guanidine groups is 1. The Hall–Kier alpha value is -3.79. The number of anilines is 1. The van der Waals surface area contributed by atoms with Gasteiger partial charge in [0.05, 0.1) is 11.2 Å². The van der Waals surface area contributed by atoms with Crippen LogP contribution < -0.4 is 32.1 Å². The normalized spacial score (nSPS) is 16.1. The van der Waals surface area contributed by atoms with Crippen LogP contribution in [0, 0.1) is 16.0 Å². The minimum absolute atomic E-state index is 0.123. The maximum Gasteiger partial charge on any atom is 0.269 e. The maximum absolute atomic E-state index is 13.1. The van der Waals surface area contributed by atoms with E-state index in [2.05, 4.69) is 25.7 Å². The molecule has 1 saturated carbocycles. The van der Waals surface area contributed by atoms with Crippen LogP contribution in [0.1, 0.15) is 51.9 Å². The zero-order chi connectivity index (χ0) is 29.9. The van der Waals surface area contributed by atoms with E-state index >= 15 is 0 Å². The van der Waals surface area contributed by atoms with E-state index in [1.54, 1.807) is 0 Å². The minimum Gasteiger partial charge on any atom is -0.370 e. The number of nitrogens with one attached hydrogen (secondary N) is 4. The average Bonchev–Trinajstić information content (AvgIpc) is 2.88. The summed E-state index contributed by atoms with van der Waals surface area (Å²) < 4.78 is 26.3. The number of hydrogen-bond acceptors (Lipinski definition) is 8. The Morgan fingerprint density at radius 3 is 2.23 bits per heavy atom. The predicted molar refractivity (Wildman–Crippen MR) is 150 cm³/mol. The molecule has 3 amide bonds. The molecule has 1 aliphatic rings. The molecule has 0 heterocycles. The van der Waals surface area contributed by atoms with Crippen molar-refractivity contribution in [3.63, 3.8) is 0 Å². The third-order valence-electron chi connectivity index (χ3n) is 6.42. The first kappa shape index (κ1) is 32.4. The van der Waals surface area contributed by atoms with Crippen LogP contribution in [-0.2, 0) is 24.4 Å². The fourth-order valence-electron chi connectivity index (χ4n) is 4.40. The zero-order valence-electron chi connectivity index (χ0n) is 22.6. The van der Waals surface area contributed by atoms with Crippen molar-refractivity contribution in [2.45, 2.75) is 70.0 Å². The third kappa shape index (κ3) is 11.1. The van der Waals surface area contributed by atoms with Gasteiger partial charge in [-0.05, 0) is 50.7 Å². The number of nitro benzene ring substituents is 1. The Balaban J connectivity index is 2.10. The molecule has 0 radical (unpaired) electrons. The van der Waals surface area contributed by atoms with Gasteiger partial charge < -0.3 is 27.4 Å². The Morgan fingerprint density at radius 1 is 1.05 bits per heavy atom. The number of carbonyl (C=O) groups excluding carboxylic acids is 3. The summed E-state index contributed by atoms with van der Waals surface area (Å²) in [5, 5.41) is 18.6. The van der Waals surface area contributed by atoms with E-state index in [-0.39, 0.29) is 36.2 Å². The van der Waals surface area contributed by atoms with Gasteiger partial charge in [-0.15, -0.1) is 0 Å². The second kappa shape index (κ2) is 15.1. The quantitative estimate of drug-likeness (QED) is 0.0571. The van der Waals surface area contributed by atoms with Crippen LogP contribution in [0.5, 0.6) is 0 Å². The summed E-state index contributed by atoms with van der Waals surface area (Å²) in [4.78, 5) is 53.2. The summed E-state index contributed by atoms with van der Waals surface area (Å²) in [6.45, 7) is 1.63. The summed E-state index contributed by atoms with van der Waals surface area (Å²) in [6.07, 6.45) is 5.58. The van der Waals surface area contributed by atoms with Gasteiger partial charge in [0.2, 0.25) is 27.7 Å². The molecule has 16 heteroatoms. The average molecular weight is 583 g/mol. The lowest BCUT2D eigenvalue weighted by Gasteiger charge is -2.30. The Labute approximate surface area is 233 Å². The van der Waals surface area contributed by atoms with Crippen molar-refractivity contribution in [1.82, 2.24) is 15.4 Å². The minimum atomic E-state index is -3.69. The molecule has 0 bridgehead atoms. The summed E-state index contributed by atoms with van der Waals surface area (Å²) in [5.41, 5.74) is 10.8. The molecule has 0 aromatic heterocycles. The lowest BCUT2D eigenvalue weighted by molar-refractivity contribution is -0.384. The fraction of sp³-hybridized carbons (Fsp3) is 0.583. The van der Waals surface area contributed by atoms with Crippen molar-refractivity contribution >= 4 is 45.1 Å². The van der Waals surface area contributed by atoms with Crippen molar-refractivity contribution in [3.05, 3.63) is 34.4 Å². The van der Waals surface area contributed by atoms with Crippen LogP contribution in [0.2, 0.25) is 0 Å². The summed E-state index contributed by atoms with van der Waals surface area (Å²) in [6, 6.07) is 2.01. The Morgan fingerprint density at radius 2 is 1.68 bits per heavy atom. The second-order valence-electron chi connectivity index (χ2n) is 9.80. The molecule has 1 aromatic rings. The molecule has 3 unspecified atom stereocenters. The topological polar surface area (TPSA) is 241 Å². The number of amides is 3. The molecule has 1 aromatic carbocycles. The predicted octanol–water partition coefficient (Wildman–Crippen LogP) is 0.0745. The highest BCUT2D eigenvalue weighted by molar-refractivity contribution is 7.88. The fourth-order valence-corrected chi connectivity index (χ4v) is 5.16. The Bertz CT molecular complexity index is 1180. The van der Waals surface area contributed by atoms with E-state index in [0.717, 1.165) is 25.5 Å². The van der Waals surface area contributed by atoms with Gasteiger partial charge in [-0.25, -0.2) is 13.1 Å². The molecule has 40 heavy (non-hydrogen) atoms. The molecule has 1 aliphatic carbocycles. The lowest BCUT2D eigenvalue weighted by atomic mass is 9.84. The highest BCUT2D eigenvalue weighted by Gasteiger charge is 2.33. The maximum atomic E-state index is 13.1. The number of aliphatic imine (C=N–C) groups is 1. The summed E-state index contributed by atoms with van der Waals surface area (Å²) >= 11 is 0. The number of nitrogens with two attached hydrogens (primary N) is 2. The standard InChI is InChI=1S/C24H38N8O7S/c1-15(28-23(35)20(31-40(2,38)39)16-7-4-3-5-8-16)21(33)30-19(9-6-14-27-24(25)26)22(34)29-17-10-12-18(13-11-17)32(36)37/h10-13,15-16,19-20,31H,3-9,14H2,1-2H3,(H,28,35)(H,29,34)(H,30,33)(H4,25,26,27). The van der Waals surface area contributed by atoms with Crippen LogP contribution in [-0.4, -0.2) is 67.9 Å². The number of carbonyl (C=O) groups is 3. The highest BCUT2D eigenvalue weighted by Crippen LogP contribution is 2.27.